The summed E-state index contributed by atoms with van der Waals surface area (Å²) < 4.78 is 8.71. The van der Waals surface area contributed by atoms with Crippen LogP contribution in [0.15, 0.2) is 12.2 Å². The molecule has 70 valence electrons. The number of hydrogen-bond donors (Lipinski definition) is 0. The van der Waals surface area contributed by atoms with Crippen molar-refractivity contribution in [1.29, 1.82) is 0 Å². The van der Waals surface area contributed by atoms with Crippen LogP contribution in [0.25, 0.3) is 5.53 Å². The second-order valence-electron chi connectivity index (χ2n) is 1.80. The van der Waals surface area contributed by atoms with Gasteiger partial charge >= 0.3 is 18.2 Å². The lowest BCUT2D eigenvalue weighted by Crippen LogP contribution is -2.06. The Morgan fingerprint density at radius 3 is 2.69 bits per heavy atom. The summed E-state index contributed by atoms with van der Waals surface area (Å²) in [4.78, 5) is 23.4. The first-order valence-electron chi connectivity index (χ1n) is 3.29. The van der Waals surface area contributed by atoms with Crippen molar-refractivity contribution in [2.75, 3.05) is 13.7 Å². The molecule has 0 amide bonds. The second-order valence-corrected chi connectivity index (χ2v) is 1.80. The summed E-state index contributed by atoms with van der Waals surface area (Å²) in [6, 6.07) is 0. The second kappa shape index (κ2) is 6.75. The van der Waals surface area contributed by atoms with E-state index >= 15 is 0 Å². The third kappa shape index (κ3) is 6.46. The topological polar surface area (TPSA) is 89.0 Å². The van der Waals surface area contributed by atoms with Crippen molar-refractivity contribution in [1.82, 2.24) is 0 Å². The Morgan fingerprint density at radius 2 is 2.15 bits per heavy atom. The van der Waals surface area contributed by atoms with Crippen molar-refractivity contribution < 1.29 is 23.9 Å². The number of hydrogen-bond acceptors (Lipinski definition) is 4. The molecule has 0 aliphatic rings. The molecule has 0 aromatic carbocycles. The van der Waals surface area contributed by atoms with E-state index in [-0.39, 0.29) is 6.61 Å². The predicted octanol–water partition coefficient (Wildman–Crippen LogP) is -0.441. The quantitative estimate of drug-likeness (QED) is 0.195. The van der Waals surface area contributed by atoms with E-state index in [2.05, 4.69) is 14.3 Å². The van der Waals surface area contributed by atoms with Crippen LogP contribution in [0.4, 0.5) is 0 Å². The molecule has 0 saturated heterocycles. The molecule has 6 heteroatoms. The molecule has 13 heavy (non-hydrogen) atoms. The zero-order valence-corrected chi connectivity index (χ0v) is 6.97. The fraction of sp³-hybridized carbons (Fsp3) is 0.286. The van der Waals surface area contributed by atoms with E-state index in [1.165, 1.54) is 13.2 Å². The van der Waals surface area contributed by atoms with Crippen LogP contribution in [0.2, 0.25) is 0 Å². The standard InChI is InChI=1S/C7H8N2O4/c1-12-6(10)3-2-4-13-7(11)5-9-8/h2-3,5H,4H2,1H3/b3-2+. The summed E-state index contributed by atoms with van der Waals surface area (Å²) in [5.74, 6) is -1.33. The first-order valence-corrected chi connectivity index (χ1v) is 3.29. The van der Waals surface area contributed by atoms with Crippen LogP contribution in [0.3, 0.4) is 0 Å². The minimum Gasteiger partial charge on any atom is -0.466 e. The van der Waals surface area contributed by atoms with Gasteiger partial charge in [0.15, 0.2) is 0 Å². The van der Waals surface area contributed by atoms with E-state index in [0.29, 0.717) is 6.21 Å². The summed E-state index contributed by atoms with van der Waals surface area (Å²) in [6.07, 6.45) is 3.02. The molecular formula is C7H8N2O4. The van der Waals surface area contributed by atoms with Gasteiger partial charge in [0.25, 0.3) is 0 Å². The molecule has 0 bridgehead atoms. The lowest BCUT2D eigenvalue weighted by molar-refractivity contribution is -0.138. The van der Waals surface area contributed by atoms with E-state index in [0.717, 1.165) is 6.08 Å². The Bertz CT molecular complexity index is 266. The van der Waals surface area contributed by atoms with Gasteiger partial charge in [-0.3, -0.25) is 0 Å². The van der Waals surface area contributed by atoms with Crippen LogP contribution in [-0.2, 0) is 19.1 Å². The number of methoxy groups -OCH3 is 1. The fourth-order valence-corrected chi connectivity index (χ4v) is 0.427. The first-order chi connectivity index (χ1) is 6.20. The molecule has 0 aliphatic heterocycles. The molecule has 0 fully saturated rings. The van der Waals surface area contributed by atoms with Gasteiger partial charge in [-0.05, 0) is 6.08 Å². The Hall–Kier alpha value is -1.94. The minimum atomic E-state index is -0.794. The van der Waals surface area contributed by atoms with Crippen LogP contribution < -0.4 is 0 Å². The van der Waals surface area contributed by atoms with Gasteiger partial charge in [-0.25, -0.2) is 9.59 Å². The Labute approximate surface area is 74.4 Å². The largest absolute Gasteiger partial charge is 0.466 e. The predicted molar refractivity (Wildman–Crippen MR) is 41.8 cm³/mol. The third-order valence-electron chi connectivity index (χ3n) is 0.940. The number of esters is 2. The van der Waals surface area contributed by atoms with Crippen molar-refractivity contribution in [3.8, 4) is 0 Å². The highest BCUT2D eigenvalue weighted by molar-refractivity contribution is 6.20. The van der Waals surface area contributed by atoms with Gasteiger partial charge < -0.3 is 15.0 Å². The van der Waals surface area contributed by atoms with Gasteiger partial charge in [0.2, 0.25) is 0 Å². The number of rotatable bonds is 4. The smallest absolute Gasteiger partial charge is 0.413 e. The van der Waals surface area contributed by atoms with Crippen molar-refractivity contribution in [3.05, 3.63) is 17.7 Å². The Kier molecular flexibility index (Phi) is 5.74. The molecule has 0 radical (unpaired) electrons. The molecule has 0 aliphatic carbocycles. The molecule has 0 aromatic rings. The van der Waals surface area contributed by atoms with Gasteiger partial charge in [0.05, 0.1) is 7.11 Å². The lowest BCUT2D eigenvalue weighted by atomic mass is 10.5. The summed E-state index contributed by atoms with van der Waals surface area (Å²) in [5.41, 5.74) is 7.90. The average Bonchev–Trinajstić information content (AvgIpc) is 2.12. The van der Waals surface area contributed by atoms with Crippen molar-refractivity contribution >= 4 is 18.2 Å². The van der Waals surface area contributed by atoms with Crippen LogP contribution in [-0.4, -0.2) is 36.7 Å². The average molecular weight is 184 g/mol. The Morgan fingerprint density at radius 1 is 1.46 bits per heavy atom. The summed E-state index contributed by atoms with van der Waals surface area (Å²) in [7, 11) is 1.23. The molecule has 0 spiro atoms. The van der Waals surface area contributed by atoms with Crippen molar-refractivity contribution in [2.45, 2.75) is 0 Å². The summed E-state index contributed by atoms with van der Waals surface area (Å²) in [6.45, 7) is -0.0834. The maximum absolute atomic E-state index is 10.5. The number of carbonyl (C=O) groups is 2. The number of carbonyl (C=O) groups excluding carboxylic acids is 2. The molecule has 0 heterocycles. The van der Waals surface area contributed by atoms with E-state index in [1.54, 1.807) is 0 Å². The van der Waals surface area contributed by atoms with Crippen LogP contribution in [0.1, 0.15) is 0 Å². The monoisotopic (exact) mass is 184 g/mol. The highest BCUT2D eigenvalue weighted by Crippen LogP contribution is 1.80. The van der Waals surface area contributed by atoms with E-state index < -0.39 is 11.9 Å². The molecule has 0 N–H and O–H groups in total. The number of ether oxygens (including phenoxy) is 2. The van der Waals surface area contributed by atoms with Crippen LogP contribution in [0, 0.1) is 0 Å². The van der Waals surface area contributed by atoms with Crippen molar-refractivity contribution in [3.63, 3.8) is 0 Å². The zero-order valence-electron chi connectivity index (χ0n) is 6.97. The van der Waals surface area contributed by atoms with Gasteiger partial charge in [0, 0.05) is 6.08 Å². The fourth-order valence-electron chi connectivity index (χ4n) is 0.427. The minimum absolute atomic E-state index is 0.0834. The van der Waals surface area contributed by atoms with Gasteiger partial charge in [-0.2, -0.15) is 4.79 Å². The SMILES string of the molecule is COC(=O)/C=C/COC(=O)C=[N+]=[N-]. The van der Waals surface area contributed by atoms with E-state index in [4.69, 9.17) is 5.53 Å². The highest BCUT2D eigenvalue weighted by Gasteiger charge is 2.00. The molecule has 0 unspecified atom stereocenters. The van der Waals surface area contributed by atoms with E-state index in [9.17, 15) is 9.59 Å². The molecule has 0 saturated carbocycles. The normalized spacial score (nSPS) is 9.00. The molecule has 0 atom stereocenters. The third-order valence-corrected chi connectivity index (χ3v) is 0.940. The number of nitrogens with zero attached hydrogens (tertiary/aromatic N) is 2. The summed E-state index contributed by atoms with van der Waals surface area (Å²) >= 11 is 0. The van der Waals surface area contributed by atoms with Gasteiger partial charge in [-0.1, -0.05) is 0 Å². The maximum Gasteiger partial charge on any atom is 0.413 e. The van der Waals surface area contributed by atoms with Crippen LogP contribution >= 0.6 is 0 Å². The molecule has 0 aromatic heterocycles. The van der Waals surface area contributed by atoms with Gasteiger partial charge in [-0.15, -0.1) is 0 Å². The first kappa shape index (κ1) is 11.1. The van der Waals surface area contributed by atoms with E-state index in [1.807, 2.05) is 0 Å². The summed E-state index contributed by atoms with van der Waals surface area (Å²) in [5, 5.41) is 0. The van der Waals surface area contributed by atoms with Crippen LogP contribution in [0.5, 0.6) is 0 Å². The highest BCUT2D eigenvalue weighted by atomic mass is 16.5. The van der Waals surface area contributed by atoms with Crippen molar-refractivity contribution in [2.24, 2.45) is 0 Å². The maximum atomic E-state index is 10.5. The zero-order chi connectivity index (χ0) is 10.1. The molecular weight excluding hydrogens is 176 g/mol. The molecule has 6 nitrogen and oxygen atoms in total. The molecule has 0 rings (SSSR count). The Balaban J connectivity index is 3.67. The lowest BCUT2D eigenvalue weighted by Gasteiger charge is -1.92. The van der Waals surface area contributed by atoms with Gasteiger partial charge in [0.1, 0.15) is 6.61 Å².